The molecule has 0 unspecified atom stereocenters. The number of fused-ring (bicyclic) bond motifs is 4. The van der Waals surface area contributed by atoms with Crippen molar-refractivity contribution < 1.29 is 54.2 Å². The summed E-state index contributed by atoms with van der Waals surface area (Å²) in [5, 5.41) is 57.4. The normalized spacial score (nSPS) is 57.8. The van der Waals surface area contributed by atoms with Gasteiger partial charge in [0.15, 0.2) is 22.8 Å². The van der Waals surface area contributed by atoms with Crippen LogP contribution in [0.15, 0.2) is 11.6 Å². The van der Waals surface area contributed by atoms with Crippen molar-refractivity contribution in [3.8, 4) is 0 Å². The van der Waals surface area contributed by atoms with Crippen molar-refractivity contribution in [2.24, 2.45) is 50.2 Å². The molecule has 14 atom stereocenters. The van der Waals surface area contributed by atoms with E-state index in [9.17, 15) is 44.7 Å². The fourth-order valence-electron chi connectivity index (χ4n) is 15.4. The molecule has 7 saturated carbocycles. The van der Waals surface area contributed by atoms with Gasteiger partial charge >= 0.3 is 11.9 Å². The molecule has 0 aromatic carbocycles. The van der Waals surface area contributed by atoms with Gasteiger partial charge in [0.2, 0.25) is 0 Å². The number of aliphatic hydroxyl groups is 5. The van der Waals surface area contributed by atoms with Crippen molar-refractivity contribution in [3.63, 3.8) is 0 Å². The second-order valence-corrected chi connectivity index (χ2v) is 19.6. The third-order valence-electron chi connectivity index (χ3n) is 18.2. The van der Waals surface area contributed by atoms with Crippen molar-refractivity contribution in [1.29, 1.82) is 0 Å². The number of ketones is 2. The molecule has 5 N–H and O–H groups in total. The van der Waals surface area contributed by atoms with Crippen LogP contribution < -0.4 is 0 Å². The molecule has 51 heavy (non-hydrogen) atoms. The van der Waals surface area contributed by atoms with E-state index in [4.69, 9.17) is 9.47 Å². The standard InChI is InChI=1S/C40H54O11/c1-31-11-5-12-32(2,23(31)10-16-37-24(31)8-7-22(26(37)42)38(48,20-41)28(37)44)29(45)50-21-39(49)27(43)35-15-9-25-33(3)13-6-14-40(25,51-30(33)46)34(35,4)17-18-36(39,47)19-35/h8,22-23,25-26,41-42,47-49H,5-7,9-21H2,1-4H3/t22-,23+,25-,26-,31-,32-,33-,34+,35+,36+,37+,38+,39-,40+/m1/s1. The van der Waals surface area contributed by atoms with Gasteiger partial charge in [-0.05, 0) is 109 Å². The summed E-state index contributed by atoms with van der Waals surface area (Å²) in [6.07, 6.45) is 7.16. The molecule has 2 spiro atoms. The first-order chi connectivity index (χ1) is 23.8. The lowest BCUT2D eigenvalue weighted by atomic mass is 9.39. The number of hydrogen-bond donors (Lipinski definition) is 5. The van der Waals surface area contributed by atoms with E-state index >= 15 is 0 Å². The summed E-state index contributed by atoms with van der Waals surface area (Å²) < 4.78 is 12.4. The fourth-order valence-corrected chi connectivity index (χ4v) is 15.4. The minimum atomic E-state index is -2.33. The van der Waals surface area contributed by atoms with Crippen molar-refractivity contribution in [2.45, 2.75) is 146 Å². The molecule has 1 aliphatic heterocycles. The molecule has 0 radical (unpaired) electrons. The Morgan fingerprint density at radius 3 is 2.27 bits per heavy atom. The Bertz CT molecular complexity index is 1710. The zero-order valence-corrected chi connectivity index (χ0v) is 30.4. The largest absolute Gasteiger partial charge is 0.462 e. The molecule has 9 aliphatic rings. The van der Waals surface area contributed by atoms with Crippen molar-refractivity contribution in [3.05, 3.63) is 11.6 Å². The average molecular weight is 711 g/mol. The Kier molecular flexibility index (Phi) is 6.59. The van der Waals surface area contributed by atoms with Gasteiger partial charge in [-0.3, -0.25) is 19.2 Å². The predicted octanol–water partition coefficient (Wildman–Crippen LogP) is 2.85. The quantitative estimate of drug-likeness (QED) is 0.213. The number of aliphatic hydroxyl groups excluding tert-OH is 2. The maximum atomic E-state index is 14.9. The maximum Gasteiger partial charge on any atom is 0.312 e. The van der Waals surface area contributed by atoms with E-state index in [0.717, 1.165) is 18.4 Å². The number of allylic oxidation sites excluding steroid dienone is 1. The van der Waals surface area contributed by atoms with Gasteiger partial charge in [0, 0.05) is 22.7 Å². The first kappa shape index (κ1) is 34.6. The molecule has 1 heterocycles. The highest BCUT2D eigenvalue weighted by Crippen LogP contribution is 2.78. The van der Waals surface area contributed by atoms with Gasteiger partial charge < -0.3 is 35.0 Å². The van der Waals surface area contributed by atoms with Crippen LogP contribution in [0, 0.1) is 50.2 Å². The SMILES string of the molecule is C[C@]12CC[C@]3(O)C[C@@]1(CC[C@@H]1[C@@]4(C)CCC[C@]12OC4=O)C(=O)[C@]3(O)COC(=O)[C@]1(C)CCC[C@@]2(C)C3=CC[C@@H]4[C@@H](O)[C@@]3(CC[C@H]12)C(=O)[C@]4(O)CO. The summed E-state index contributed by atoms with van der Waals surface area (Å²) in [5.74, 6) is -2.97. The summed E-state index contributed by atoms with van der Waals surface area (Å²) in [6.45, 7) is 6.43. The predicted molar refractivity (Wildman–Crippen MR) is 178 cm³/mol. The molecular formula is C40H54O11. The summed E-state index contributed by atoms with van der Waals surface area (Å²) in [6, 6.07) is 0. The van der Waals surface area contributed by atoms with Gasteiger partial charge in [-0.1, -0.05) is 31.9 Å². The van der Waals surface area contributed by atoms with Crippen LogP contribution in [0.1, 0.15) is 118 Å². The number of carbonyl (C=O) groups excluding carboxylic acids is 4. The average Bonchev–Trinajstić information content (AvgIpc) is 3.35. The third-order valence-corrected chi connectivity index (χ3v) is 18.2. The maximum absolute atomic E-state index is 14.9. The van der Waals surface area contributed by atoms with Gasteiger partial charge in [-0.25, -0.2) is 0 Å². The molecule has 280 valence electrons. The Morgan fingerprint density at radius 2 is 1.55 bits per heavy atom. The summed E-state index contributed by atoms with van der Waals surface area (Å²) in [5.41, 5.74) is -11.9. The number of esters is 2. The van der Waals surface area contributed by atoms with Gasteiger partial charge in [0.05, 0.1) is 29.0 Å². The summed E-state index contributed by atoms with van der Waals surface area (Å²) in [4.78, 5) is 56.6. The van der Waals surface area contributed by atoms with Crippen LogP contribution in [-0.2, 0) is 28.7 Å². The second kappa shape index (κ2) is 9.73. The molecule has 9 rings (SSSR count). The van der Waals surface area contributed by atoms with Crippen molar-refractivity contribution in [1.82, 2.24) is 0 Å². The van der Waals surface area contributed by atoms with E-state index in [0.29, 0.717) is 51.4 Å². The van der Waals surface area contributed by atoms with E-state index in [1.165, 1.54) is 0 Å². The Labute approximate surface area is 298 Å². The van der Waals surface area contributed by atoms with Crippen LogP contribution in [0.2, 0.25) is 0 Å². The highest BCUT2D eigenvalue weighted by molar-refractivity contribution is 6.00. The first-order valence-electron chi connectivity index (χ1n) is 19.4. The molecular weight excluding hydrogens is 656 g/mol. The molecule has 0 aromatic rings. The third kappa shape index (κ3) is 3.36. The Morgan fingerprint density at radius 1 is 0.863 bits per heavy atom. The van der Waals surface area contributed by atoms with Gasteiger partial charge in [0.25, 0.3) is 0 Å². The molecule has 0 amide bonds. The van der Waals surface area contributed by atoms with Crippen LogP contribution >= 0.6 is 0 Å². The minimum Gasteiger partial charge on any atom is -0.462 e. The monoisotopic (exact) mass is 710 g/mol. The number of ether oxygens (including phenoxy) is 2. The first-order valence-corrected chi connectivity index (χ1v) is 19.4. The number of hydrogen-bond acceptors (Lipinski definition) is 11. The lowest BCUT2D eigenvalue weighted by Crippen LogP contribution is -2.67. The zero-order chi connectivity index (χ0) is 36.6. The minimum absolute atomic E-state index is 0.0257. The lowest BCUT2D eigenvalue weighted by molar-refractivity contribution is -0.234. The summed E-state index contributed by atoms with van der Waals surface area (Å²) >= 11 is 0. The van der Waals surface area contributed by atoms with E-state index in [2.05, 4.69) is 0 Å². The molecule has 8 aliphatic carbocycles. The topological polar surface area (TPSA) is 188 Å². The van der Waals surface area contributed by atoms with E-state index in [1.807, 2.05) is 33.8 Å². The van der Waals surface area contributed by atoms with E-state index in [1.54, 1.807) is 0 Å². The van der Waals surface area contributed by atoms with Crippen molar-refractivity contribution >= 4 is 23.5 Å². The van der Waals surface area contributed by atoms with Crippen LogP contribution in [0.4, 0.5) is 0 Å². The molecule has 0 aromatic heterocycles. The summed E-state index contributed by atoms with van der Waals surface area (Å²) in [7, 11) is 0. The highest BCUT2D eigenvalue weighted by atomic mass is 16.6. The molecule has 8 fully saturated rings. The molecule has 1 saturated heterocycles. The number of Topliss-reactive ketones (excluding diaryl/α,β-unsaturated/α-hetero) is 2. The highest BCUT2D eigenvalue weighted by Gasteiger charge is 2.85. The Balaban J connectivity index is 1.00. The molecule has 11 nitrogen and oxygen atoms in total. The van der Waals surface area contributed by atoms with Crippen LogP contribution in [0.25, 0.3) is 0 Å². The smallest absolute Gasteiger partial charge is 0.312 e. The van der Waals surface area contributed by atoms with Crippen LogP contribution in [-0.4, -0.2) is 90.8 Å². The van der Waals surface area contributed by atoms with Gasteiger partial charge in [-0.2, -0.15) is 0 Å². The second-order valence-electron chi connectivity index (χ2n) is 19.6. The van der Waals surface area contributed by atoms with Gasteiger partial charge in [-0.15, -0.1) is 0 Å². The Hall–Kier alpha value is -2.18. The molecule has 6 bridgehead atoms. The van der Waals surface area contributed by atoms with E-state index < -0.39 is 97.7 Å². The molecule has 11 heteroatoms. The number of carbonyl (C=O) groups is 4. The van der Waals surface area contributed by atoms with Gasteiger partial charge in [0.1, 0.15) is 17.8 Å². The van der Waals surface area contributed by atoms with Crippen LogP contribution in [0.5, 0.6) is 0 Å². The lowest BCUT2D eigenvalue weighted by Gasteiger charge is -2.64. The van der Waals surface area contributed by atoms with Crippen molar-refractivity contribution in [2.75, 3.05) is 13.2 Å². The zero-order valence-electron chi connectivity index (χ0n) is 30.4. The van der Waals surface area contributed by atoms with E-state index in [-0.39, 0.29) is 43.5 Å². The number of rotatable bonds is 4. The van der Waals surface area contributed by atoms with Crippen LogP contribution in [0.3, 0.4) is 0 Å². The fraction of sp³-hybridized carbons (Fsp3) is 0.850.